The minimum atomic E-state index is -0.865. The summed E-state index contributed by atoms with van der Waals surface area (Å²) >= 11 is 0. The van der Waals surface area contributed by atoms with E-state index in [-0.39, 0.29) is 29.8 Å². The van der Waals surface area contributed by atoms with E-state index in [1.54, 1.807) is 6.08 Å². The van der Waals surface area contributed by atoms with Gasteiger partial charge in [-0.15, -0.1) is 0 Å². The highest BCUT2D eigenvalue weighted by Crippen LogP contribution is 2.56. The Balaban J connectivity index is 2.08. The predicted octanol–water partition coefficient (Wildman–Crippen LogP) is 1.76. The number of carbonyl (C=O) groups is 1. The highest BCUT2D eigenvalue weighted by atomic mass is 17.1. The summed E-state index contributed by atoms with van der Waals surface area (Å²) in [5, 5.41) is 19.4. The number of aliphatic hydroxyl groups is 1. The standard InChI is InChI=1S/C15H22O5/c1-7-4-5-9-8(2)14(17)19-12(9)15(3)10(7)6-11(16)13(15)20-18/h6-9,11-13,16,18H,4-5H2,1-3H3/t7-,8+,9-,11+,12+,13-,15+/m0/s1. The maximum absolute atomic E-state index is 11.9. The van der Waals surface area contributed by atoms with Gasteiger partial charge in [-0.25, -0.2) is 4.89 Å². The zero-order valence-electron chi connectivity index (χ0n) is 12.1. The summed E-state index contributed by atoms with van der Waals surface area (Å²) in [5.74, 6) is 0.0729. The van der Waals surface area contributed by atoms with E-state index in [1.165, 1.54) is 0 Å². The molecule has 0 radical (unpaired) electrons. The van der Waals surface area contributed by atoms with Gasteiger partial charge in [0, 0.05) is 5.92 Å². The Morgan fingerprint density at radius 2 is 2.10 bits per heavy atom. The smallest absolute Gasteiger partial charge is 0.309 e. The highest BCUT2D eigenvalue weighted by Gasteiger charge is 2.62. The fourth-order valence-corrected chi connectivity index (χ4v) is 4.49. The third kappa shape index (κ3) is 1.63. The molecular weight excluding hydrogens is 260 g/mol. The molecule has 5 nitrogen and oxygen atoms in total. The van der Waals surface area contributed by atoms with Crippen molar-refractivity contribution in [2.75, 3.05) is 0 Å². The Labute approximate surface area is 118 Å². The first-order valence-corrected chi connectivity index (χ1v) is 7.32. The molecule has 2 N–H and O–H groups in total. The molecule has 1 heterocycles. The van der Waals surface area contributed by atoms with E-state index < -0.39 is 17.6 Å². The summed E-state index contributed by atoms with van der Waals surface area (Å²) in [7, 11) is 0. The first kappa shape index (κ1) is 14.0. The van der Waals surface area contributed by atoms with Crippen LogP contribution in [-0.2, 0) is 14.4 Å². The molecular formula is C15H22O5. The average Bonchev–Trinajstić information content (AvgIpc) is 2.80. The summed E-state index contributed by atoms with van der Waals surface area (Å²) < 4.78 is 5.62. The molecule has 3 rings (SSSR count). The van der Waals surface area contributed by atoms with Crippen molar-refractivity contribution in [3.05, 3.63) is 11.6 Å². The van der Waals surface area contributed by atoms with E-state index in [0.717, 1.165) is 18.4 Å². The predicted molar refractivity (Wildman–Crippen MR) is 70.6 cm³/mol. The SMILES string of the molecule is C[C@H]1CC[C@@H]2[C@@H](OC(=O)[C@@H]2C)[C@@]2(C)C1=C[C@@H](O)[C@@H]2OO. The van der Waals surface area contributed by atoms with Gasteiger partial charge in [-0.05, 0) is 25.7 Å². The fraction of sp³-hybridized carbons (Fsp3) is 0.800. The Bertz CT molecular complexity index is 459. The quantitative estimate of drug-likeness (QED) is 0.332. The topological polar surface area (TPSA) is 76.0 Å². The van der Waals surface area contributed by atoms with E-state index in [1.807, 2.05) is 13.8 Å². The molecule has 0 unspecified atom stereocenters. The van der Waals surface area contributed by atoms with Gasteiger partial charge in [0.05, 0.1) is 11.3 Å². The fourth-order valence-electron chi connectivity index (χ4n) is 4.49. The molecule has 1 aliphatic heterocycles. The van der Waals surface area contributed by atoms with Gasteiger partial charge in [0.25, 0.3) is 0 Å². The molecule has 0 bridgehead atoms. The Morgan fingerprint density at radius 1 is 1.40 bits per heavy atom. The zero-order valence-corrected chi connectivity index (χ0v) is 12.1. The molecule has 1 saturated carbocycles. The molecule has 0 aromatic heterocycles. The Hall–Kier alpha value is -0.910. The lowest BCUT2D eigenvalue weighted by Crippen LogP contribution is -2.48. The molecule has 1 saturated heterocycles. The highest BCUT2D eigenvalue weighted by molar-refractivity contribution is 5.75. The van der Waals surface area contributed by atoms with E-state index in [2.05, 4.69) is 11.8 Å². The molecule has 20 heavy (non-hydrogen) atoms. The van der Waals surface area contributed by atoms with Crippen molar-refractivity contribution in [1.82, 2.24) is 0 Å². The van der Waals surface area contributed by atoms with Gasteiger partial charge >= 0.3 is 5.97 Å². The van der Waals surface area contributed by atoms with Crippen LogP contribution in [-0.4, -0.2) is 34.6 Å². The molecule has 0 spiro atoms. The summed E-state index contributed by atoms with van der Waals surface area (Å²) in [5.41, 5.74) is 0.383. The van der Waals surface area contributed by atoms with Crippen molar-refractivity contribution in [2.24, 2.45) is 23.2 Å². The molecule has 0 amide bonds. The van der Waals surface area contributed by atoms with Crippen LogP contribution in [0.15, 0.2) is 11.6 Å². The summed E-state index contributed by atoms with van der Waals surface area (Å²) in [6.45, 7) is 5.95. The van der Waals surface area contributed by atoms with E-state index >= 15 is 0 Å². The number of carbonyl (C=O) groups excluding carboxylic acids is 1. The average molecular weight is 282 g/mol. The van der Waals surface area contributed by atoms with E-state index in [9.17, 15) is 15.2 Å². The van der Waals surface area contributed by atoms with Crippen molar-refractivity contribution in [3.8, 4) is 0 Å². The lowest BCUT2D eigenvalue weighted by Gasteiger charge is -2.39. The third-order valence-electron chi connectivity index (χ3n) is 5.69. The monoisotopic (exact) mass is 282 g/mol. The molecule has 2 aliphatic carbocycles. The Morgan fingerprint density at radius 3 is 2.75 bits per heavy atom. The summed E-state index contributed by atoms with van der Waals surface area (Å²) in [6, 6.07) is 0. The third-order valence-corrected chi connectivity index (χ3v) is 5.69. The van der Waals surface area contributed by atoms with E-state index in [4.69, 9.17) is 4.74 Å². The largest absolute Gasteiger partial charge is 0.461 e. The van der Waals surface area contributed by atoms with Gasteiger partial charge in [0.15, 0.2) is 0 Å². The van der Waals surface area contributed by atoms with Crippen LogP contribution in [0.1, 0.15) is 33.6 Å². The van der Waals surface area contributed by atoms with Crippen molar-refractivity contribution >= 4 is 5.97 Å². The van der Waals surface area contributed by atoms with Crippen LogP contribution >= 0.6 is 0 Å². The number of hydrogen-bond donors (Lipinski definition) is 2. The number of esters is 1. The number of fused-ring (bicyclic) bond motifs is 3. The number of rotatable bonds is 1. The van der Waals surface area contributed by atoms with E-state index in [0.29, 0.717) is 0 Å². The van der Waals surface area contributed by atoms with Crippen LogP contribution in [0.25, 0.3) is 0 Å². The van der Waals surface area contributed by atoms with Gasteiger partial charge in [0.2, 0.25) is 0 Å². The van der Waals surface area contributed by atoms with Crippen LogP contribution < -0.4 is 0 Å². The number of aliphatic hydroxyl groups excluding tert-OH is 1. The first-order valence-electron chi connectivity index (χ1n) is 7.32. The molecule has 7 atom stereocenters. The number of hydrogen-bond acceptors (Lipinski definition) is 5. The molecule has 5 heteroatoms. The van der Waals surface area contributed by atoms with Crippen molar-refractivity contribution in [1.29, 1.82) is 0 Å². The molecule has 3 aliphatic rings. The van der Waals surface area contributed by atoms with Crippen LogP contribution in [0.4, 0.5) is 0 Å². The van der Waals surface area contributed by atoms with Gasteiger partial charge in [0.1, 0.15) is 18.3 Å². The van der Waals surface area contributed by atoms with Gasteiger partial charge in [-0.1, -0.05) is 25.5 Å². The van der Waals surface area contributed by atoms with Crippen LogP contribution in [0.5, 0.6) is 0 Å². The minimum absolute atomic E-state index is 0.115. The molecule has 2 fully saturated rings. The van der Waals surface area contributed by atoms with Crippen LogP contribution in [0.3, 0.4) is 0 Å². The lowest BCUT2D eigenvalue weighted by molar-refractivity contribution is -0.317. The first-order chi connectivity index (χ1) is 9.41. The minimum Gasteiger partial charge on any atom is -0.461 e. The van der Waals surface area contributed by atoms with Crippen molar-refractivity contribution < 1.29 is 24.8 Å². The summed E-state index contributed by atoms with van der Waals surface area (Å²) in [4.78, 5) is 16.5. The second kappa shape index (κ2) is 4.55. The van der Waals surface area contributed by atoms with Crippen LogP contribution in [0.2, 0.25) is 0 Å². The van der Waals surface area contributed by atoms with Crippen LogP contribution in [0, 0.1) is 23.2 Å². The van der Waals surface area contributed by atoms with Gasteiger partial charge < -0.3 is 9.84 Å². The normalized spacial score (nSPS) is 51.0. The number of ether oxygens (including phenoxy) is 1. The summed E-state index contributed by atoms with van der Waals surface area (Å²) in [6.07, 6.45) is 1.66. The molecule has 0 aromatic carbocycles. The van der Waals surface area contributed by atoms with Gasteiger partial charge in [-0.3, -0.25) is 10.1 Å². The zero-order chi connectivity index (χ0) is 14.7. The second-order valence-corrected chi connectivity index (χ2v) is 6.71. The maximum atomic E-state index is 11.9. The second-order valence-electron chi connectivity index (χ2n) is 6.71. The van der Waals surface area contributed by atoms with Crippen molar-refractivity contribution in [3.63, 3.8) is 0 Å². The molecule has 112 valence electrons. The Kier molecular flexibility index (Phi) is 3.19. The van der Waals surface area contributed by atoms with Crippen molar-refractivity contribution in [2.45, 2.75) is 51.9 Å². The lowest BCUT2D eigenvalue weighted by atomic mass is 9.69. The van der Waals surface area contributed by atoms with Gasteiger partial charge in [-0.2, -0.15) is 0 Å². The molecule has 0 aromatic rings. The maximum Gasteiger partial charge on any atom is 0.309 e.